The third kappa shape index (κ3) is 4.93. The molecule has 9 heteroatoms. The Morgan fingerprint density at radius 2 is 2.03 bits per heavy atom. The van der Waals surface area contributed by atoms with Gasteiger partial charge in [-0.15, -0.1) is 28.1 Å². The van der Waals surface area contributed by atoms with E-state index < -0.39 is 5.97 Å². The van der Waals surface area contributed by atoms with Crippen LogP contribution in [0.2, 0.25) is 0 Å². The summed E-state index contributed by atoms with van der Waals surface area (Å²) in [6.45, 7) is 6.35. The summed E-state index contributed by atoms with van der Waals surface area (Å²) in [5, 5.41) is 14.1. The second kappa shape index (κ2) is 9.53. The largest absolute Gasteiger partial charge is 0.465 e. The molecule has 2 aromatic heterocycles. The van der Waals surface area contributed by atoms with Gasteiger partial charge in [-0.25, -0.2) is 4.79 Å². The molecule has 0 aliphatic carbocycles. The first kappa shape index (κ1) is 20.8. The number of methoxy groups -OCH3 is 1. The number of hydrogen-bond donors (Lipinski definition) is 1. The van der Waals surface area contributed by atoms with Crippen molar-refractivity contribution in [3.05, 3.63) is 59.5 Å². The minimum atomic E-state index is -0.484. The molecule has 29 heavy (non-hydrogen) atoms. The van der Waals surface area contributed by atoms with E-state index in [0.29, 0.717) is 22.3 Å². The Morgan fingerprint density at radius 1 is 1.28 bits per heavy atom. The molecule has 0 fully saturated rings. The van der Waals surface area contributed by atoms with Crippen LogP contribution >= 0.6 is 23.1 Å². The summed E-state index contributed by atoms with van der Waals surface area (Å²) in [6.07, 6.45) is 1.76. The van der Waals surface area contributed by atoms with Crippen LogP contribution in [0, 0.1) is 6.92 Å². The van der Waals surface area contributed by atoms with E-state index >= 15 is 0 Å². The van der Waals surface area contributed by atoms with Crippen molar-refractivity contribution < 1.29 is 14.3 Å². The summed E-state index contributed by atoms with van der Waals surface area (Å²) in [5.41, 5.74) is 2.45. The van der Waals surface area contributed by atoms with Crippen LogP contribution in [0.15, 0.2) is 53.5 Å². The monoisotopic (exact) mass is 428 g/mol. The molecule has 0 saturated heterocycles. The van der Waals surface area contributed by atoms with E-state index in [2.05, 4.69) is 22.1 Å². The fourth-order valence-electron chi connectivity index (χ4n) is 2.57. The van der Waals surface area contributed by atoms with E-state index in [4.69, 9.17) is 4.74 Å². The molecule has 3 aromatic rings. The van der Waals surface area contributed by atoms with E-state index in [1.807, 2.05) is 35.8 Å². The minimum absolute atomic E-state index is 0.127. The van der Waals surface area contributed by atoms with Crippen LogP contribution in [0.4, 0.5) is 5.00 Å². The van der Waals surface area contributed by atoms with Gasteiger partial charge >= 0.3 is 5.97 Å². The summed E-state index contributed by atoms with van der Waals surface area (Å²) in [5.74, 6) is 0.121. The van der Waals surface area contributed by atoms with Crippen molar-refractivity contribution in [3.8, 4) is 11.4 Å². The molecule has 0 bridgehead atoms. The van der Waals surface area contributed by atoms with Crippen molar-refractivity contribution >= 4 is 40.0 Å². The summed E-state index contributed by atoms with van der Waals surface area (Å²) >= 11 is 2.54. The molecule has 0 aliphatic rings. The highest BCUT2D eigenvalue weighted by molar-refractivity contribution is 7.99. The normalized spacial score (nSPS) is 10.6. The van der Waals surface area contributed by atoms with Gasteiger partial charge in [0, 0.05) is 12.1 Å². The average Bonchev–Trinajstić information content (AvgIpc) is 3.34. The van der Waals surface area contributed by atoms with E-state index in [1.165, 1.54) is 30.2 Å². The number of allylic oxidation sites excluding steroid dienone is 1. The third-order valence-corrected chi connectivity index (χ3v) is 5.79. The predicted octanol–water partition coefficient (Wildman–Crippen LogP) is 4.02. The fraction of sp³-hybridized carbons (Fsp3) is 0.200. The smallest absolute Gasteiger partial charge is 0.340 e. The molecule has 0 aliphatic heterocycles. The fourth-order valence-corrected chi connectivity index (χ4v) is 4.11. The lowest BCUT2D eigenvalue weighted by atomic mass is 10.1. The quantitative estimate of drug-likeness (QED) is 0.331. The molecule has 1 aromatic carbocycles. The minimum Gasteiger partial charge on any atom is -0.465 e. The molecule has 0 spiro atoms. The maximum atomic E-state index is 12.4. The van der Waals surface area contributed by atoms with Crippen LogP contribution in [-0.4, -0.2) is 39.5 Å². The third-order valence-electron chi connectivity index (χ3n) is 3.99. The maximum absolute atomic E-state index is 12.4. The number of anilines is 1. The number of carbonyl (C=O) groups is 2. The van der Waals surface area contributed by atoms with E-state index in [-0.39, 0.29) is 11.7 Å². The molecular formula is C20H20N4O3S2. The Bertz CT molecular complexity index is 1020. The SMILES string of the molecule is C=CCn1c(SCC(=O)Nc2sccc2C(=O)OC)nnc1-c1ccc(C)cc1. The van der Waals surface area contributed by atoms with Crippen LogP contribution in [0.3, 0.4) is 0 Å². The maximum Gasteiger partial charge on any atom is 0.340 e. The summed E-state index contributed by atoms with van der Waals surface area (Å²) in [4.78, 5) is 24.1. The lowest BCUT2D eigenvalue weighted by Crippen LogP contribution is -2.16. The van der Waals surface area contributed by atoms with Crippen molar-refractivity contribution in [2.45, 2.75) is 18.6 Å². The van der Waals surface area contributed by atoms with Gasteiger partial charge < -0.3 is 10.1 Å². The summed E-state index contributed by atoms with van der Waals surface area (Å²) < 4.78 is 6.64. The number of thioether (sulfide) groups is 1. The number of hydrogen-bond acceptors (Lipinski definition) is 7. The number of esters is 1. The molecule has 1 N–H and O–H groups in total. The second-order valence-electron chi connectivity index (χ2n) is 6.06. The van der Waals surface area contributed by atoms with Gasteiger partial charge in [0.05, 0.1) is 18.4 Å². The molecule has 0 atom stereocenters. The van der Waals surface area contributed by atoms with Crippen molar-refractivity contribution in [3.63, 3.8) is 0 Å². The second-order valence-corrected chi connectivity index (χ2v) is 7.92. The highest BCUT2D eigenvalue weighted by atomic mass is 32.2. The molecule has 0 saturated carbocycles. The van der Waals surface area contributed by atoms with Gasteiger partial charge in [0.1, 0.15) is 5.00 Å². The van der Waals surface area contributed by atoms with Gasteiger partial charge in [0.25, 0.3) is 0 Å². The van der Waals surface area contributed by atoms with Gasteiger partial charge in [0.2, 0.25) is 5.91 Å². The number of amides is 1. The predicted molar refractivity (Wildman–Crippen MR) is 115 cm³/mol. The first-order valence-electron chi connectivity index (χ1n) is 8.73. The van der Waals surface area contributed by atoms with Crippen LogP contribution in [-0.2, 0) is 16.1 Å². The summed E-state index contributed by atoms with van der Waals surface area (Å²) in [6, 6.07) is 9.63. The molecule has 0 radical (unpaired) electrons. The molecule has 3 rings (SSSR count). The zero-order chi connectivity index (χ0) is 20.8. The molecule has 0 unspecified atom stereocenters. The number of nitrogens with zero attached hydrogens (tertiary/aromatic N) is 3. The van der Waals surface area contributed by atoms with Gasteiger partial charge in [-0.3, -0.25) is 9.36 Å². The topological polar surface area (TPSA) is 86.1 Å². The Hall–Kier alpha value is -2.91. The van der Waals surface area contributed by atoms with Crippen molar-refractivity contribution in [2.24, 2.45) is 0 Å². The number of ether oxygens (including phenoxy) is 1. The lowest BCUT2D eigenvalue weighted by molar-refractivity contribution is -0.113. The molecular weight excluding hydrogens is 408 g/mol. The number of aromatic nitrogens is 3. The molecule has 2 heterocycles. The van der Waals surface area contributed by atoms with E-state index in [0.717, 1.165) is 17.0 Å². The van der Waals surface area contributed by atoms with Crippen LogP contribution in [0.5, 0.6) is 0 Å². The van der Waals surface area contributed by atoms with E-state index in [9.17, 15) is 9.59 Å². The van der Waals surface area contributed by atoms with Crippen molar-refractivity contribution in [1.29, 1.82) is 0 Å². The number of thiophene rings is 1. The van der Waals surface area contributed by atoms with Crippen molar-refractivity contribution in [2.75, 3.05) is 18.2 Å². The molecule has 1 amide bonds. The number of carbonyl (C=O) groups excluding carboxylic acids is 2. The highest BCUT2D eigenvalue weighted by Crippen LogP contribution is 2.26. The van der Waals surface area contributed by atoms with E-state index in [1.54, 1.807) is 17.5 Å². The summed E-state index contributed by atoms with van der Waals surface area (Å²) in [7, 11) is 1.31. The number of nitrogens with one attached hydrogen (secondary N) is 1. The molecule has 7 nitrogen and oxygen atoms in total. The first-order valence-corrected chi connectivity index (χ1v) is 10.6. The zero-order valence-corrected chi connectivity index (χ0v) is 17.7. The Morgan fingerprint density at radius 3 is 2.72 bits per heavy atom. The molecule has 150 valence electrons. The van der Waals surface area contributed by atoms with Crippen LogP contribution in [0.1, 0.15) is 15.9 Å². The highest BCUT2D eigenvalue weighted by Gasteiger charge is 2.18. The first-order chi connectivity index (χ1) is 14.0. The van der Waals surface area contributed by atoms with Gasteiger partial charge in [-0.2, -0.15) is 0 Å². The number of aryl methyl sites for hydroxylation is 1. The Kier molecular flexibility index (Phi) is 6.84. The zero-order valence-electron chi connectivity index (χ0n) is 16.0. The number of rotatable bonds is 8. The lowest BCUT2D eigenvalue weighted by Gasteiger charge is -2.08. The Labute approximate surface area is 176 Å². The Balaban J connectivity index is 1.71. The van der Waals surface area contributed by atoms with Gasteiger partial charge in [-0.1, -0.05) is 47.7 Å². The average molecular weight is 429 g/mol. The van der Waals surface area contributed by atoms with Crippen LogP contribution in [0.25, 0.3) is 11.4 Å². The van der Waals surface area contributed by atoms with Gasteiger partial charge in [0.15, 0.2) is 11.0 Å². The van der Waals surface area contributed by atoms with Crippen molar-refractivity contribution in [1.82, 2.24) is 14.8 Å². The number of benzene rings is 1. The van der Waals surface area contributed by atoms with Crippen LogP contribution < -0.4 is 5.32 Å². The standard InChI is InChI=1S/C20H20N4O3S2/c1-4-10-24-17(14-7-5-13(2)6-8-14)22-23-20(24)29-12-16(25)21-18-15(9-11-28-18)19(26)27-3/h4-9,11H,1,10,12H2,2-3H3,(H,21,25). The van der Waals surface area contributed by atoms with Gasteiger partial charge in [-0.05, 0) is 18.4 Å².